The summed E-state index contributed by atoms with van der Waals surface area (Å²) >= 11 is 0. The van der Waals surface area contributed by atoms with Gasteiger partial charge >= 0.3 is 7.60 Å². The highest BCUT2D eigenvalue weighted by Crippen LogP contribution is 2.34. The van der Waals surface area contributed by atoms with Gasteiger partial charge < -0.3 is 30.6 Å². The number of imidazole rings is 1. The van der Waals surface area contributed by atoms with Crippen molar-refractivity contribution in [1.29, 1.82) is 0 Å². The van der Waals surface area contributed by atoms with Crippen molar-refractivity contribution in [2.24, 2.45) is 5.73 Å². The second-order valence-electron chi connectivity index (χ2n) is 4.18. The molecule has 21 heavy (non-hydrogen) atoms. The highest BCUT2D eigenvalue weighted by molar-refractivity contribution is 7.51. The lowest BCUT2D eigenvalue weighted by molar-refractivity contribution is -0.129. The molecule has 11 nitrogen and oxygen atoms in total. The summed E-state index contributed by atoms with van der Waals surface area (Å²) in [6.07, 6.45) is 0.425. The van der Waals surface area contributed by atoms with Gasteiger partial charge in [0.05, 0.1) is 12.9 Å². The van der Waals surface area contributed by atoms with Crippen LogP contribution in [0.5, 0.6) is 0 Å². The van der Waals surface area contributed by atoms with Crippen LogP contribution in [0.25, 0.3) is 11.2 Å². The maximum absolute atomic E-state index is 11.3. The van der Waals surface area contributed by atoms with Crippen molar-refractivity contribution in [3.05, 3.63) is 12.7 Å². The summed E-state index contributed by atoms with van der Waals surface area (Å²) in [6, 6.07) is 0. The molecule has 0 fully saturated rings. The Hall–Kier alpha value is -2.07. The standard InChI is InChI=1S/C9H13N6O5P/c10-7-6-9(13-2-12-7)15(3-14-6)1-5(8(11)16)20-4-21(17,18)19/h2-3,5H,1,4H2,(H2,11,16)(H2,10,12,13)(H2,17,18,19)/t5-/m0/s1. The van der Waals surface area contributed by atoms with E-state index in [0.717, 1.165) is 0 Å². The van der Waals surface area contributed by atoms with E-state index in [2.05, 4.69) is 15.0 Å². The van der Waals surface area contributed by atoms with Crippen molar-refractivity contribution in [2.45, 2.75) is 12.6 Å². The minimum Gasteiger partial charge on any atom is -0.382 e. The maximum atomic E-state index is 11.3. The van der Waals surface area contributed by atoms with Crippen LogP contribution in [0.4, 0.5) is 5.82 Å². The molecule has 6 N–H and O–H groups in total. The molecular weight excluding hydrogens is 303 g/mol. The SMILES string of the molecule is NC(=O)[C@H](Cn1cnc2c(N)ncnc21)OCP(=O)(O)O. The maximum Gasteiger partial charge on any atom is 0.351 e. The predicted molar refractivity (Wildman–Crippen MR) is 70.7 cm³/mol. The van der Waals surface area contributed by atoms with E-state index in [9.17, 15) is 9.36 Å². The van der Waals surface area contributed by atoms with Gasteiger partial charge in [-0.3, -0.25) is 9.36 Å². The van der Waals surface area contributed by atoms with E-state index in [1.165, 1.54) is 17.2 Å². The van der Waals surface area contributed by atoms with Gasteiger partial charge in [-0.1, -0.05) is 0 Å². The van der Waals surface area contributed by atoms with Crippen molar-refractivity contribution >= 4 is 30.5 Å². The first-order valence-electron chi connectivity index (χ1n) is 5.65. The van der Waals surface area contributed by atoms with E-state index in [-0.39, 0.29) is 12.4 Å². The fourth-order valence-electron chi connectivity index (χ4n) is 1.62. The Morgan fingerprint density at radius 3 is 2.76 bits per heavy atom. The third-order valence-corrected chi connectivity index (χ3v) is 3.04. The lowest BCUT2D eigenvalue weighted by Crippen LogP contribution is -2.35. The highest BCUT2D eigenvalue weighted by Gasteiger charge is 2.23. The third-order valence-electron chi connectivity index (χ3n) is 2.55. The Labute approximate surface area is 118 Å². The van der Waals surface area contributed by atoms with Crippen LogP contribution < -0.4 is 11.5 Å². The van der Waals surface area contributed by atoms with Gasteiger partial charge in [-0.15, -0.1) is 0 Å². The number of ether oxygens (including phenoxy) is 1. The first-order valence-corrected chi connectivity index (χ1v) is 7.44. The number of nitrogen functional groups attached to an aromatic ring is 1. The predicted octanol–water partition coefficient (Wildman–Crippen LogP) is -1.59. The summed E-state index contributed by atoms with van der Waals surface area (Å²) in [7, 11) is -4.41. The van der Waals surface area contributed by atoms with Gasteiger partial charge in [0, 0.05) is 0 Å². The van der Waals surface area contributed by atoms with Crippen LogP contribution in [0, 0.1) is 0 Å². The number of carbonyl (C=O) groups is 1. The summed E-state index contributed by atoms with van der Waals surface area (Å²) in [5.74, 6) is -0.696. The van der Waals surface area contributed by atoms with E-state index in [1.54, 1.807) is 0 Å². The minimum atomic E-state index is -4.41. The summed E-state index contributed by atoms with van der Waals surface area (Å²) in [6.45, 7) is -0.109. The average molecular weight is 316 g/mol. The van der Waals surface area contributed by atoms with Crippen LogP contribution in [0.1, 0.15) is 0 Å². The Kier molecular flexibility index (Phi) is 4.19. The van der Waals surface area contributed by atoms with Gasteiger partial charge in [0.1, 0.15) is 18.2 Å². The van der Waals surface area contributed by atoms with Gasteiger partial charge in [-0.05, 0) is 0 Å². The molecule has 1 amide bonds. The Morgan fingerprint density at radius 2 is 2.14 bits per heavy atom. The molecular formula is C9H13N6O5P. The lowest BCUT2D eigenvalue weighted by atomic mass is 10.3. The molecule has 0 saturated heterocycles. The minimum absolute atomic E-state index is 0.109. The number of hydrogen-bond acceptors (Lipinski definition) is 7. The molecule has 0 saturated carbocycles. The van der Waals surface area contributed by atoms with Crippen LogP contribution in [0.2, 0.25) is 0 Å². The van der Waals surface area contributed by atoms with Crippen LogP contribution in [0.15, 0.2) is 12.7 Å². The van der Waals surface area contributed by atoms with E-state index >= 15 is 0 Å². The molecule has 0 spiro atoms. The number of aromatic nitrogens is 4. The van der Waals surface area contributed by atoms with Gasteiger partial charge in [-0.2, -0.15) is 0 Å². The number of amides is 1. The number of fused-ring (bicyclic) bond motifs is 1. The number of nitrogens with zero attached hydrogens (tertiary/aromatic N) is 4. The van der Waals surface area contributed by atoms with E-state index < -0.39 is 26.0 Å². The molecule has 0 unspecified atom stereocenters. The fraction of sp³-hybridized carbons (Fsp3) is 0.333. The quantitative estimate of drug-likeness (QED) is 0.457. The number of anilines is 1. The molecule has 0 aliphatic carbocycles. The molecule has 0 aromatic carbocycles. The molecule has 2 heterocycles. The van der Waals surface area contributed by atoms with Gasteiger partial charge in [0.15, 0.2) is 17.6 Å². The van der Waals surface area contributed by atoms with Gasteiger partial charge in [0.25, 0.3) is 0 Å². The average Bonchev–Trinajstić information content (AvgIpc) is 2.77. The molecule has 2 aromatic heterocycles. The van der Waals surface area contributed by atoms with Gasteiger partial charge in [-0.25, -0.2) is 15.0 Å². The second kappa shape index (κ2) is 5.74. The summed E-state index contributed by atoms with van der Waals surface area (Å²) in [5.41, 5.74) is 11.5. The Morgan fingerprint density at radius 1 is 1.43 bits per heavy atom. The van der Waals surface area contributed by atoms with Crippen molar-refractivity contribution in [2.75, 3.05) is 12.1 Å². The first-order chi connectivity index (χ1) is 9.78. The molecule has 2 rings (SSSR count). The Balaban J connectivity index is 2.21. The van der Waals surface area contributed by atoms with Crippen LogP contribution in [-0.2, 0) is 20.6 Å². The van der Waals surface area contributed by atoms with Crippen molar-refractivity contribution in [1.82, 2.24) is 19.5 Å². The number of hydrogen-bond donors (Lipinski definition) is 4. The van der Waals surface area contributed by atoms with E-state index in [1.807, 2.05) is 0 Å². The zero-order chi connectivity index (χ0) is 15.6. The van der Waals surface area contributed by atoms with Gasteiger partial charge in [0.2, 0.25) is 5.91 Å². The summed E-state index contributed by atoms with van der Waals surface area (Å²) in [5, 5.41) is 0. The number of nitrogens with two attached hydrogens (primary N) is 2. The molecule has 114 valence electrons. The van der Waals surface area contributed by atoms with Crippen LogP contribution in [-0.4, -0.2) is 47.7 Å². The lowest BCUT2D eigenvalue weighted by Gasteiger charge is -2.15. The number of rotatable bonds is 6. The molecule has 0 bridgehead atoms. The Bertz CT molecular complexity index is 712. The summed E-state index contributed by atoms with van der Waals surface area (Å²) in [4.78, 5) is 40.6. The zero-order valence-electron chi connectivity index (χ0n) is 10.7. The van der Waals surface area contributed by atoms with Crippen LogP contribution in [0.3, 0.4) is 0 Å². The topological polar surface area (TPSA) is 179 Å². The fourth-order valence-corrected chi connectivity index (χ4v) is 2.00. The molecule has 1 atom stereocenters. The smallest absolute Gasteiger partial charge is 0.351 e. The normalized spacial score (nSPS) is 13.4. The molecule has 0 radical (unpaired) electrons. The first kappa shape index (κ1) is 15.3. The molecule has 2 aromatic rings. The molecule has 0 aliphatic rings. The highest BCUT2D eigenvalue weighted by atomic mass is 31.2. The van der Waals surface area contributed by atoms with Crippen molar-refractivity contribution < 1.29 is 23.9 Å². The zero-order valence-corrected chi connectivity index (χ0v) is 11.6. The van der Waals surface area contributed by atoms with Crippen molar-refractivity contribution in [3.8, 4) is 0 Å². The number of carbonyl (C=O) groups excluding carboxylic acids is 1. The van der Waals surface area contributed by atoms with E-state index in [0.29, 0.717) is 11.2 Å². The molecule has 0 aliphatic heterocycles. The van der Waals surface area contributed by atoms with Crippen LogP contribution >= 0.6 is 7.60 Å². The monoisotopic (exact) mass is 316 g/mol. The largest absolute Gasteiger partial charge is 0.382 e. The van der Waals surface area contributed by atoms with E-state index in [4.69, 9.17) is 26.0 Å². The number of primary amides is 1. The summed E-state index contributed by atoms with van der Waals surface area (Å²) < 4.78 is 17.1. The third kappa shape index (κ3) is 3.73. The second-order valence-corrected chi connectivity index (χ2v) is 5.77. The molecule has 12 heteroatoms. The van der Waals surface area contributed by atoms with Crippen molar-refractivity contribution in [3.63, 3.8) is 0 Å².